The van der Waals surface area contributed by atoms with Gasteiger partial charge in [-0.05, 0) is 12.1 Å². The predicted molar refractivity (Wildman–Crippen MR) is 74.8 cm³/mol. The van der Waals surface area contributed by atoms with E-state index < -0.39 is 26.6 Å². The second-order valence-electron chi connectivity index (χ2n) is 4.70. The summed E-state index contributed by atoms with van der Waals surface area (Å²) in [6, 6.07) is 1.59. The lowest BCUT2D eigenvalue weighted by molar-refractivity contribution is 0.206. The summed E-state index contributed by atoms with van der Waals surface area (Å²) in [5, 5.41) is 0. The van der Waals surface area contributed by atoms with Crippen LogP contribution in [0.1, 0.15) is 0 Å². The maximum absolute atomic E-state index is 13.8. The van der Waals surface area contributed by atoms with Gasteiger partial charge < -0.3 is 5.73 Å². The van der Waals surface area contributed by atoms with Crippen LogP contribution < -0.4 is 5.73 Å². The molecule has 2 N–H and O–H groups in total. The molecule has 1 saturated heterocycles. The quantitative estimate of drug-likeness (QED) is 0.651. The Morgan fingerprint density at radius 2 is 1.71 bits per heavy atom. The molecule has 1 fully saturated rings. The number of nitrogen functional groups attached to an aromatic ring is 1. The molecule has 1 aliphatic rings. The maximum atomic E-state index is 13.8. The van der Waals surface area contributed by atoms with Crippen molar-refractivity contribution in [2.24, 2.45) is 0 Å². The average Bonchev–Trinajstić information content (AvgIpc) is 2.38. The number of anilines is 1. The number of benzene rings is 1. The molecular weight excluding hydrogens is 300 g/mol. The maximum Gasteiger partial charge on any atom is 0.249 e. The average molecular weight is 315 g/mol. The van der Waals surface area contributed by atoms with E-state index in [0.29, 0.717) is 19.6 Å². The van der Waals surface area contributed by atoms with Crippen LogP contribution in [-0.2, 0) is 10.0 Å². The van der Waals surface area contributed by atoms with Crippen molar-refractivity contribution in [3.8, 4) is 12.3 Å². The molecule has 21 heavy (non-hydrogen) atoms. The van der Waals surface area contributed by atoms with Crippen molar-refractivity contribution in [2.75, 3.05) is 38.5 Å². The first-order valence-electron chi connectivity index (χ1n) is 6.26. The van der Waals surface area contributed by atoms with Gasteiger partial charge in [-0.3, -0.25) is 4.90 Å². The van der Waals surface area contributed by atoms with E-state index >= 15 is 0 Å². The third-order valence-electron chi connectivity index (χ3n) is 3.26. The van der Waals surface area contributed by atoms with Gasteiger partial charge in [-0.2, -0.15) is 4.31 Å². The van der Waals surface area contributed by atoms with E-state index in [4.69, 9.17) is 12.2 Å². The first-order chi connectivity index (χ1) is 9.86. The minimum Gasteiger partial charge on any atom is -0.399 e. The Balaban J connectivity index is 2.27. The van der Waals surface area contributed by atoms with E-state index in [0.717, 1.165) is 16.4 Å². The fourth-order valence-corrected chi connectivity index (χ4v) is 3.73. The van der Waals surface area contributed by atoms with Crippen LogP contribution >= 0.6 is 0 Å². The minimum atomic E-state index is -4.23. The highest BCUT2D eigenvalue weighted by atomic mass is 32.2. The van der Waals surface area contributed by atoms with Gasteiger partial charge in [-0.25, -0.2) is 17.2 Å². The first-order valence-corrected chi connectivity index (χ1v) is 7.70. The molecule has 1 aromatic carbocycles. The Bertz CT molecular complexity index is 654. The van der Waals surface area contributed by atoms with Crippen LogP contribution in [0.4, 0.5) is 14.5 Å². The van der Waals surface area contributed by atoms with Gasteiger partial charge in [-0.1, -0.05) is 5.92 Å². The van der Waals surface area contributed by atoms with E-state index in [-0.39, 0.29) is 18.8 Å². The summed E-state index contributed by atoms with van der Waals surface area (Å²) in [6.45, 7) is 1.52. The molecule has 114 valence electrons. The molecule has 0 radical (unpaired) electrons. The molecular formula is C13H15F2N3O2S. The molecule has 0 amide bonds. The van der Waals surface area contributed by atoms with Gasteiger partial charge in [0.25, 0.3) is 0 Å². The minimum absolute atomic E-state index is 0.132. The number of sulfonamides is 1. The summed E-state index contributed by atoms with van der Waals surface area (Å²) in [4.78, 5) is 0.934. The number of rotatable bonds is 3. The van der Waals surface area contributed by atoms with Crippen molar-refractivity contribution in [1.29, 1.82) is 0 Å². The molecule has 2 rings (SSSR count). The summed E-state index contributed by atoms with van der Waals surface area (Å²) in [5.41, 5.74) is 5.12. The number of hydrogen-bond acceptors (Lipinski definition) is 4. The summed E-state index contributed by atoms with van der Waals surface area (Å²) in [5.74, 6) is 0.107. The van der Waals surface area contributed by atoms with E-state index in [2.05, 4.69) is 5.92 Å². The van der Waals surface area contributed by atoms with Crippen LogP contribution in [-0.4, -0.2) is 50.3 Å². The number of halogens is 2. The van der Waals surface area contributed by atoms with Gasteiger partial charge in [0.2, 0.25) is 10.0 Å². The monoisotopic (exact) mass is 315 g/mol. The lowest BCUT2D eigenvalue weighted by Gasteiger charge is -2.32. The smallest absolute Gasteiger partial charge is 0.249 e. The molecule has 0 bridgehead atoms. The lowest BCUT2D eigenvalue weighted by atomic mass is 10.3. The predicted octanol–water partition coefficient (Wildman–Crippen LogP) is 0.487. The molecule has 5 nitrogen and oxygen atoms in total. The van der Waals surface area contributed by atoms with Crippen LogP contribution in [0.3, 0.4) is 0 Å². The van der Waals surface area contributed by atoms with Gasteiger partial charge in [-0.15, -0.1) is 6.42 Å². The largest absolute Gasteiger partial charge is 0.399 e. The second kappa shape index (κ2) is 5.97. The van der Waals surface area contributed by atoms with Crippen molar-refractivity contribution < 1.29 is 17.2 Å². The SMILES string of the molecule is C#CCN1CCN(S(=O)(=O)c2c(F)cc(N)cc2F)CC1. The third kappa shape index (κ3) is 3.15. The van der Waals surface area contributed by atoms with Crippen LogP contribution in [0.25, 0.3) is 0 Å². The van der Waals surface area contributed by atoms with Gasteiger partial charge in [0.15, 0.2) is 4.90 Å². The molecule has 0 aliphatic carbocycles. The number of nitrogens with two attached hydrogens (primary N) is 1. The van der Waals surface area contributed by atoms with Crippen LogP contribution in [0.2, 0.25) is 0 Å². The zero-order valence-corrected chi connectivity index (χ0v) is 12.0. The van der Waals surface area contributed by atoms with Crippen molar-refractivity contribution in [3.05, 3.63) is 23.8 Å². The van der Waals surface area contributed by atoms with Crippen LogP contribution in [0, 0.1) is 24.0 Å². The lowest BCUT2D eigenvalue weighted by Crippen LogP contribution is -2.48. The summed E-state index contributed by atoms with van der Waals surface area (Å²) in [7, 11) is -4.23. The molecule has 0 spiro atoms. The first kappa shape index (κ1) is 15.7. The molecule has 8 heteroatoms. The summed E-state index contributed by atoms with van der Waals surface area (Å²) in [6.07, 6.45) is 5.19. The van der Waals surface area contributed by atoms with Gasteiger partial charge in [0.05, 0.1) is 6.54 Å². The Hall–Kier alpha value is -1.69. The zero-order chi connectivity index (χ0) is 15.6. The van der Waals surface area contributed by atoms with Gasteiger partial charge >= 0.3 is 0 Å². The zero-order valence-electron chi connectivity index (χ0n) is 11.2. The van der Waals surface area contributed by atoms with Crippen molar-refractivity contribution in [2.45, 2.75) is 4.90 Å². The highest BCUT2D eigenvalue weighted by Gasteiger charge is 2.33. The number of terminal acetylenes is 1. The Labute approximate surface area is 122 Å². The van der Waals surface area contributed by atoms with Crippen molar-refractivity contribution >= 4 is 15.7 Å². The summed E-state index contributed by atoms with van der Waals surface area (Å²) >= 11 is 0. The Morgan fingerprint density at radius 1 is 1.19 bits per heavy atom. The highest BCUT2D eigenvalue weighted by Crippen LogP contribution is 2.25. The fraction of sp³-hybridized carbons (Fsp3) is 0.385. The molecule has 0 aromatic heterocycles. The van der Waals surface area contributed by atoms with E-state index in [9.17, 15) is 17.2 Å². The Kier molecular flexibility index (Phi) is 4.46. The third-order valence-corrected chi connectivity index (χ3v) is 5.22. The number of piperazine rings is 1. The Morgan fingerprint density at radius 3 is 2.19 bits per heavy atom. The van der Waals surface area contributed by atoms with E-state index in [1.165, 1.54) is 0 Å². The number of nitrogens with zero attached hydrogens (tertiary/aromatic N) is 2. The summed E-state index contributed by atoms with van der Waals surface area (Å²) < 4.78 is 53.3. The van der Waals surface area contributed by atoms with E-state index in [1.807, 2.05) is 4.90 Å². The molecule has 1 aromatic rings. The molecule has 0 unspecified atom stereocenters. The van der Waals surface area contributed by atoms with Gasteiger partial charge in [0, 0.05) is 31.9 Å². The highest BCUT2D eigenvalue weighted by molar-refractivity contribution is 7.89. The van der Waals surface area contributed by atoms with Crippen LogP contribution in [0.15, 0.2) is 17.0 Å². The second-order valence-corrected chi connectivity index (χ2v) is 6.57. The fourth-order valence-electron chi connectivity index (χ4n) is 2.21. The molecule has 1 aliphatic heterocycles. The van der Waals surface area contributed by atoms with Crippen molar-refractivity contribution in [3.63, 3.8) is 0 Å². The molecule has 0 atom stereocenters. The topological polar surface area (TPSA) is 66.6 Å². The standard InChI is InChI=1S/C13H15F2N3O2S/c1-2-3-17-4-6-18(7-5-17)21(19,20)13-11(14)8-10(16)9-12(13)15/h1,8-9H,3-7,16H2. The van der Waals surface area contributed by atoms with Gasteiger partial charge in [0.1, 0.15) is 11.6 Å². The molecule has 0 saturated carbocycles. The van der Waals surface area contributed by atoms with E-state index in [1.54, 1.807) is 0 Å². The van der Waals surface area contributed by atoms with Crippen LogP contribution in [0.5, 0.6) is 0 Å². The molecule has 1 heterocycles. The normalized spacial score (nSPS) is 17.6. The van der Waals surface area contributed by atoms with Crippen molar-refractivity contribution in [1.82, 2.24) is 9.21 Å². The number of hydrogen-bond donors (Lipinski definition) is 1.